The first-order valence-electron chi connectivity index (χ1n) is 11.5. The molecule has 1 N–H and O–H groups in total. The molecule has 0 atom stereocenters. The number of piperazine rings is 1. The Hall–Kier alpha value is -2.43. The topological polar surface area (TPSA) is 86.8 Å². The van der Waals surface area contributed by atoms with Crippen LogP contribution in [0.3, 0.4) is 0 Å². The first kappa shape index (κ1) is 27.6. The van der Waals surface area contributed by atoms with E-state index in [-0.39, 0.29) is 55.7 Å². The van der Waals surface area contributed by atoms with Crippen LogP contribution in [0.4, 0.5) is 5.69 Å². The molecule has 2 amide bonds. The van der Waals surface area contributed by atoms with Gasteiger partial charge in [-0.05, 0) is 59.7 Å². The van der Waals surface area contributed by atoms with Crippen molar-refractivity contribution in [2.45, 2.75) is 17.7 Å². The number of rotatable bonds is 7. The van der Waals surface area contributed by atoms with Crippen molar-refractivity contribution in [1.29, 1.82) is 0 Å². The van der Waals surface area contributed by atoms with E-state index in [1.54, 1.807) is 47.4 Å². The van der Waals surface area contributed by atoms with E-state index in [4.69, 9.17) is 23.2 Å². The number of nitrogens with zero attached hydrogens (tertiary/aromatic N) is 2. The van der Waals surface area contributed by atoms with E-state index in [2.05, 4.69) is 21.2 Å². The Morgan fingerprint density at radius 2 is 1.51 bits per heavy atom. The van der Waals surface area contributed by atoms with Gasteiger partial charge in [0.05, 0.1) is 14.9 Å². The summed E-state index contributed by atoms with van der Waals surface area (Å²) in [4.78, 5) is 27.0. The minimum atomic E-state index is -3.62. The number of hydrogen-bond donors (Lipinski definition) is 1. The van der Waals surface area contributed by atoms with E-state index >= 15 is 0 Å². The first-order chi connectivity index (χ1) is 17.6. The SMILES string of the molecule is O=C(CCC(=O)N1CCN(S(=O)(=O)c2ccc(Br)cc2)CC1)Nc1cccc(-c2ccc(Cl)c(Cl)c2)c1. The molecule has 0 aliphatic carbocycles. The smallest absolute Gasteiger partial charge is 0.243 e. The molecule has 1 saturated heterocycles. The lowest BCUT2D eigenvalue weighted by Crippen LogP contribution is -2.50. The lowest BCUT2D eigenvalue weighted by molar-refractivity contribution is -0.133. The fourth-order valence-corrected chi connectivity index (χ4v) is 5.97. The van der Waals surface area contributed by atoms with Crippen LogP contribution in [-0.4, -0.2) is 55.6 Å². The van der Waals surface area contributed by atoms with Crippen LogP contribution in [0.25, 0.3) is 11.1 Å². The Kier molecular flexibility index (Phi) is 8.92. The molecule has 1 aliphatic rings. The lowest BCUT2D eigenvalue weighted by Gasteiger charge is -2.34. The Bertz CT molecular complexity index is 1410. The van der Waals surface area contributed by atoms with E-state index < -0.39 is 10.0 Å². The van der Waals surface area contributed by atoms with Crippen molar-refractivity contribution < 1.29 is 18.0 Å². The summed E-state index contributed by atoms with van der Waals surface area (Å²) in [6.07, 6.45) is 0.0605. The Morgan fingerprint density at radius 1 is 0.838 bits per heavy atom. The molecule has 1 heterocycles. The number of benzene rings is 3. The highest BCUT2D eigenvalue weighted by molar-refractivity contribution is 9.10. The molecule has 1 aliphatic heterocycles. The van der Waals surface area contributed by atoms with Crippen molar-refractivity contribution >= 4 is 66.7 Å². The summed E-state index contributed by atoms with van der Waals surface area (Å²) in [6, 6.07) is 19.1. The summed E-state index contributed by atoms with van der Waals surface area (Å²) in [5, 5.41) is 3.73. The van der Waals surface area contributed by atoms with Crippen LogP contribution in [0.1, 0.15) is 12.8 Å². The first-order valence-corrected chi connectivity index (χ1v) is 14.5. The van der Waals surface area contributed by atoms with Gasteiger partial charge in [0.15, 0.2) is 0 Å². The van der Waals surface area contributed by atoms with E-state index in [1.165, 1.54) is 4.31 Å². The molecule has 4 rings (SSSR count). The zero-order valence-electron chi connectivity index (χ0n) is 19.7. The predicted molar refractivity (Wildman–Crippen MR) is 149 cm³/mol. The number of carbonyl (C=O) groups excluding carboxylic acids is 2. The van der Waals surface area contributed by atoms with Crippen LogP contribution in [0.15, 0.2) is 76.1 Å². The summed E-state index contributed by atoms with van der Waals surface area (Å²) in [6.45, 7) is 0.972. The molecule has 11 heteroatoms. The van der Waals surface area contributed by atoms with Gasteiger partial charge in [-0.1, -0.05) is 57.3 Å². The van der Waals surface area contributed by atoms with Crippen LogP contribution in [-0.2, 0) is 19.6 Å². The van der Waals surface area contributed by atoms with Crippen molar-refractivity contribution in [3.8, 4) is 11.1 Å². The van der Waals surface area contributed by atoms with E-state index in [1.807, 2.05) is 24.3 Å². The predicted octanol–water partition coefficient (Wildman–Crippen LogP) is 5.67. The third kappa shape index (κ3) is 6.91. The maximum atomic E-state index is 12.9. The lowest BCUT2D eigenvalue weighted by atomic mass is 10.1. The zero-order chi connectivity index (χ0) is 26.6. The maximum Gasteiger partial charge on any atom is 0.243 e. The minimum absolute atomic E-state index is 0.0211. The van der Waals surface area contributed by atoms with Crippen LogP contribution < -0.4 is 5.32 Å². The van der Waals surface area contributed by atoms with Gasteiger partial charge < -0.3 is 10.2 Å². The second-order valence-electron chi connectivity index (χ2n) is 8.50. The summed E-state index contributed by atoms with van der Waals surface area (Å²) in [5.41, 5.74) is 2.33. The van der Waals surface area contributed by atoms with E-state index in [0.717, 1.165) is 15.6 Å². The molecule has 0 radical (unpaired) electrons. The van der Waals surface area contributed by atoms with Gasteiger partial charge in [-0.25, -0.2) is 8.42 Å². The van der Waals surface area contributed by atoms with Crippen molar-refractivity contribution in [1.82, 2.24) is 9.21 Å². The van der Waals surface area contributed by atoms with Crippen LogP contribution in [0.5, 0.6) is 0 Å². The summed E-state index contributed by atoms with van der Waals surface area (Å²) < 4.78 is 27.9. The minimum Gasteiger partial charge on any atom is -0.340 e. The van der Waals surface area contributed by atoms with Gasteiger partial charge in [-0.15, -0.1) is 0 Å². The summed E-state index contributed by atoms with van der Waals surface area (Å²) in [7, 11) is -3.62. The number of amides is 2. The molecule has 0 spiro atoms. The molecule has 0 aromatic heterocycles. The fraction of sp³-hybridized carbons (Fsp3) is 0.231. The fourth-order valence-electron chi connectivity index (χ4n) is 3.99. The second-order valence-corrected chi connectivity index (χ2v) is 12.2. The normalized spacial score (nSPS) is 14.4. The number of nitrogens with one attached hydrogen (secondary N) is 1. The maximum absolute atomic E-state index is 12.9. The summed E-state index contributed by atoms with van der Waals surface area (Å²) >= 11 is 15.4. The van der Waals surface area contributed by atoms with Gasteiger partial charge in [0.25, 0.3) is 0 Å². The number of carbonyl (C=O) groups is 2. The Morgan fingerprint density at radius 3 is 2.19 bits per heavy atom. The number of anilines is 1. The van der Waals surface area contributed by atoms with Crippen molar-refractivity contribution in [2.75, 3.05) is 31.5 Å². The van der Waals surface area contributed by atoms with Gasteiger partial charge in [0.2, 0.25) is 21.8 Å². The standard InChI is InChI=1S/C26H24BrCl2N3O4S/c27-20-5-7-22(8-6-20)37(35,36)32-14-12-31(13-15-32)26(34)11-10-25(33)30-21-3-1-2-18(16-21)19-4-9-23(28)24(29)17-19/h1-9,16-17H,10-15H2,(H,30,33). The molecular weight excluding hydrogens is 601 g/mol. The monoisotopic (exact) mass is 623 g/mol. The van der Waals surface area contributed by atoms with Crippen LogP contribution >= 0.6 is 39.1 Å². The molecule has 1 fully saturated rings. The highest BCUT2D eigenvalue weighted by Crippen LogP contribution is 2.30. The molecule has 194 valence electrons. The highest BCUT2D eigenvalue weighted by Gasteiger charge is 2.30. The third-order valence-electron chi connectivity index (χ3n) is 6.01. The molecular formula is C26H24BrCl2N3O4S. The van der Waals surface area contributed by atoms with Gasteiger partial charge in [0, 0.05) is 49.2 Å². The molecule has 7 nitrogen and oxygen atoms in total. The number of sulfonamides is 1. The molecule has 3 aromatic carbocycles. The van der Waals surface area contributed by atoms with E-state index in [9.17, 15) is 18.0 Å². The van der Waals surface area contributed by atoms with Crippen molar-refractivity contribution in [3.63, 3.8) is 0 Å². The molecule has 0 bridgehead atoms. The number of hydrogen-bond acceptors (Lipinski definition) is 4. The van der Waals surface area contributed by atoms with Gasteiger partial charge in [0.1, 0.15) is 0 Å². The van der Waals surface area contributed by atoms with Gasteiger partial charge in [-0.2, -0.15) is 4.31 Å². The van der Waals surface area contributed by atoms with Crippen molar-refractivity contribution in [3.05, 3.63) is 81.2 Å². The van der Waals surface area contributed by atoms with Crippen LogP contribution in [0.2, 0.25) is 10.0 Å². The highest BCUT2D eigenvalue weighted by atomic mass is 79.9. The van der Waals surface area contributed by atoms with Crippen LogP contribution in [0, 0.1) is 0 Å². The molecule has 37 heavy (non-hydrogen) atoms. The van der Waals surface area contributed by atoms with Gasteiger partial charge in [-0.3, -0.25) is 9.59 Å². The Balaban J connectivity index is 1.27. The zero-order valence-corrected chi connectivity index (χ0v) is 23.6. The average molecular weight is 625 g/mol. The van der Waals surface area contributed by atoms with Gasteiger partial charge >= 0.3 is 0 Å². The molecule has 3 aromatic rings. The van der Waals surface area contributed by atoms with E-state index in [0.29, 0.717) is 15.7 Å². The molecule has 0 unspecified atom stereocenters. The largest absolute Gasteiger partial charge is 0.340 e. The Labute approximate surface area is 234 Å². The van der Waals surface area contributed by atoms with Crippen molar-refractivity contribution in [2.24, 2.45) is 0 Å². The molecule has 0 saturated carbocycles. The third-order valence-corrected chi connectivity index (χ3v) is 9.19. The summed E-state index contributed by atoms with van der Waals surface area (Å²) in [5.74, 6) is -0.462. The second kappa shape index (κ2) is 12.0. The number of halogens is 3. The quantitative estimate of drug-likeness (QED) is 0.367. The average Bonchev–Trinajstić information content (AvgIpc) is 2.89.